The second kappa shape index (κ2) is 5.85. The number of hydrogen-bond donors (Lipinski definition) is 2. The molecule has 0 bridgehead atoms. The zero-order valence-corrected chi connectivity index (χ0v) is 12.0. The Morgan fingerprint density at radius 2 is 2.28 bits per heavy atom. The molecule has 0 aliphatic heterocycles. The minimum Gasteiger partial charge on any atom is -0.350 e. The van der Waals surface area contributed by atoms with Gasteiger partial charge in [-0.2, -0.15) is 0 Å². The lowest BCUT2D eigenvalue weighted by molar-refractivity contribution is -0.122. The third-order valence-corrected chi connectivity index (χ3v) is 4.53. The third-order valence-electron chi connectivity index (χ3n) is 3.30. The van der Waals surface area contributed by atoms with E-state index < -0.39 is 0 Å². The number of nitrogens with one attached hydrogen (secondary N) is 1. The lowest BCUT2D eigenvalue weighted by atomic mass is 10.0. The summed E-state index contributed by atoms with van der Waals surface area (Å²) >= 11 is 1.83. The van der Waals surface area contributed by atoms with Crippen LogP contribution in [0.4, 0.5) is 0 Å². The zero-order valence-electron chi connectivity index (χ0n) is 11.2. The molecule has 0 fully saturated rings. The van der Waals surface area contributed by atoms with Crippen LogP contribution in [0, 0.1) is 5.92 Å². The summed E-state index contributed by atoms with van der Waals surface area (Å²) in [6, 6.07) is 1.86. The molecule has 100 valence electrons. The Hall–Kier alpha value is -0.870. The standard InChI is InChI=1S/C14H22N2OS/c1-9(2)6-12(15)14(17)16-8-11-7-10-4-3-5-13(10)18-11/h7,9,12H,3-6,8,15H2,1-2H3,(H,16,17). The van der Waals surface area contributed by atoms with E-state index in [0.717, 1.165) is 6.42 Å². The van der Waals surface area contributed by atoms with Gasteiger partial charge in [-0.1, -0.05) is 13.8 Å². The van der Waals surface area contributed by atoms with Gasteiger partial charge in [0, 0.05) is 9.75 Å². The Labute approximate surface area is 113 Å². The van der Waals surface area contributed by atoms with E-state index in [2.05, 4.69) is 25.2 Å². The van der Waals surface area contributed by atoms with Gasteiger partial charge in [-0.05, 0) is 43.2 Å². The van der Waals surface area contributed by atoms with Gasteiger partial charge in [-0.25, -0.2) is 0 Å². The Morgan fingerprint density at radius 1 is 1.50 bits per heavy atom. The number of nitrogens with two attached hydrogens (primary N) is 1. The summed E-state index contributed by atoms with van der Waals surface area (Å²) < 4.78 is 0. The van der Waals surface area contributed by atoms with Gasteiger partial charge in [-0.15, -0.1) is 11.3 Å². The first-order valence-corrected chi connectivity index (χ1v) is 7.51. The van der Waals surface area contributed by atoms with E-state index in [9.17, 15) is 4.79 Å². The number of carbonyl (C=O) groups excluding carboxylic acids is 1. The molecule has 4 heteroatoms. The molecule has 0 saturated carbocycles. The van der Waals surface area contributed by atoms with E-state index in [0.29, 0.717) is 12.5 Å². The number of carbonyl (C=O) groups is 1. The average molecular weight is 266 g/mol. The lowest BCUT2D eigenvalue weighted by Crippen LogP contribution is -2.40. The largest absolute Gasteiger partial charge is 0.350 e. The molecule has 0 spiro atoms. The van der Waals surface area contributed by atoms with Gasteiger partial charge in [0.2, 0.25) is 5.91 Å². The number of rotatable bonds is 5. The average Bonchev–Trinajstić information content (AvgIpc) is 2.84. The van der Waals surface area contributed by atoms with Crippen LogP contribution in [0.1, 0.15) is 42.0 Å². The first-order chi connectivity index (χ1) is 8.56. The van der Waals surface area contributed by atoms with Crippen LogP contribution in [-0.2, 0) is 24.2 Å². The van der Waals surface area contributed by atoms with Gasteiger partial charge in [0.15, 0.2) is 0 Å². The van der Waals surface area contributed by atoms with Crippen LogP contribution in [-0.4, -0.2) is 11.9 Å². The van der Waals surface area contributed by atoms with Gasteiger partial charge in [0.05, 0.1) is 12.6 Å². The van der Waals surface area contributed by atoms with Crippen LogP contribution in [0.3, 0.4) is 0 Å². The highest BCUT2D eigenvalue weighted by atomic mass is 32.1. The van der Waals surface area contributed by atoms with Crippen molar-refractivity contribution in [3.63, 3.8) is 0 Å². The van der Waals surface area contributed by atoms with Crippen LogP contribution in [0.15, 0.2) is 6.07 Å². The monoisotopic (exact) mass is 266 g/mol. The highest BCUT2D eigenvalue weighted by Gasteiger charge is 2.17. The Kier molecular flexibility index (Phi) is 4.40. The van der Waals surface area contributed by atoms with Crippen molar-refractivity contribution in [3.8, 4) is 0 Å². The Morgan fingerprint density at radius 3 is 2.94 bits per heavy atom. The fraction of sp³-hybridized carbons (Fsp3) is 0.643. The van der Waals surface area contributed by atoms with Crippen LogP contribution in [0.2, 0.25) is 0 Å². The molecule has 1 aromatic heterocycles. The molecule has 2 rings (SSSR count). The van der Waals surface area contributed by atoms with Crippen molar-refractivity contribution in [2.24, 2.45) is 11.7 Å². The summed E-state index contributed by atoms with van der Waals surface area (Å²) in [6.07, 6.45) is 4.44. The van der Waals surface area contributed by atoms with E-state index in [1.54, 1.807) is 0 Å². The minimum atomic E-state index is -0.378. The molecule has 3 nitrogen and oxygen atoms in total. The summed E-state index contributed by atoms with van der Waals surface area (Å²) in [7, 11) is 0. The van der Waals surface area contributed by atoms with Gasteiger partial charge in [0.1, 0.15) is 0 Å². The van der Waals surface area contributed by atoms with Crippen molar-refractivity contribution < 1.29 is 4.79 Å². The topological polar surface area (TPSA) is 55.1 Å². The van der Waals surface area contributed by atoms with Crippen molar-refractivity contribution in [2.75, 3.05) is 0 Å². The molecule has 1 aliphatic carbocycles. The van der Waals surface area contributed by atoms with Gasteiger partial charge < -0.3 is 11.1 Å². The molecular formula is C14H22N2OS. The Bertz CT molecular complexity index is 404. The first-order valence-electron chi connectivity index (χ1n) is 6.70. The smallest absolute Gasteiger partial charge is 0.237 e. The van der Waals surface area contributed by atoms with E-state index in [1.165, 1.54) is 34.6 Å². The molecule has 1 unspecified atom stereocenters. The predicted octanol–water partition coefficient (Wildman–Crippen LogP) is 2.23. The van der Waals surface area contributed by atoms with Crippen molar-refractivity contribution in [3.05, 3.63) is 21.4 Å². The fourth-order valence-corrected chi connectivity index (χ4v) is 3.60. The highest BCUT2D eigenvalue weighted by molar-refractivity contribution is 7.12. The van der Waals surface area contributed by atoms with Crippen molar-refractivity contribution in [2.45, 2.75) is 52.1 Å². The molecule has 1 heterocycles. The summed E-state index contributed by atoms with van der Waals surface area (Å²) in [5.74, 6) is 0.425. The summed E-state index contributed by atoms with van der Waals surface area (Å²) in [5, 5.41) is 2.94. The van der Waals surface area contributed by atoms with Gasteiger partial charge in [-0.3, -0.25) is 4.79 Å². The SMILES string of the molecule is CC(C)CC(N)C(=O)NCc1cc2c(s1)CCC2. The Balaban J connectivity index is 1.81. The predicted molar refractivity (Wildman–Crippen MR) is 75.6 cm³/mol. The fourth-order valence-electron chi connectivity index (χ4n) is 2.40. The highest BCUT2D eigenvalue weighted by Crippen LogP contribution is 2.30. The number of fused-ring (bicyclic) bond motifs is 1. The van der Waals surface area contributed by atoms with Gasteiger partial charge >= 0.3 is 0 Å². The number of hydrogen-bond acceptors (Lipinski definition) is 3. The number of amides is 1. The molecule has 0 saturated heterocycles. The maximum absolute atomic E-state index is 11.8. The minimum absolute atomic E-state index is 0.0303. The van der Waals surface area contributed by atoms with E-state index in [-0.39, 0.29) is 11.9 Å². The maximum atomic E-state index is 11.8. The number of aryl methyl sites for hydroxylation is 2. The van der Waals surface area contributed by atoms with Crippen LogP contribution in [0.25, 0.3) is 0 Å². The first kappa shape index (κ1) is 13.6. The normalized spacial score (nSPS) is 15.8. The lowest BCUT2D eigenvalue weighted by Gasteiger charge is -2.13. The van der Waals surface area contributed by atoms with Crippen LogP contribution in [0.5, 0.6) is 0 Å². The second-order valence-corrected chi connectivity index (χ2v) is 6.69. The van der Waals surface area contributed by atoms with E-state index in [1.807, 2.05) is 11.3 Å². The molecule has 1 aromatic rings. The van der Waals surface area contributed by atoms with Crippen molar-refractivity contribution in [1.82, 2.24) is 5.32 Å². The molecule has 3 N–H and O–H groups in total. The molecule has 1 atom stereocenters. The summed E-state index contributed by atoms with van der Waals surface area (Å²) in [5.41, 5.74) is 7.33. The zero-order chi connectivity index (χ0) is 13.1. The molecule has 0 radical (unpaired) electrons. The van der Waals surface area contributed by atoms with Crippen LogP contribution < -0.4 is 11.1 Å². The quantitative estimate of drug-likeness (QED) is 0.858. The number of thiophene rings is 1. The molecular weight excluding hydrogens is 244 g/mol. The van der Waals surface area contributed by atoms with Crippen molar-refractivity contribution in [1.29, 1.82) is 0 Å². The van der Waals surface area contributed by atoms with Crippen molar-refractivity contribution >= 4 is 17.2 Å². The van der Waals surface area contributed by atoms with E-state index in [4.69, 9.17) is 5.73 Å². The summed E-state index contributed by atoms with van der Waals surface area (Å²) in [4.78, 5) is 14.6. The molecule has 1 aliphatic rings. The molecule has 18 heavy (non-hydrogen) atoms. The van der Waals surface area contributed by atoms with Gasteiger partial charge in [0.25, 0.3) is 0 Å². The van der Waals surface area contributed by atoms with Crippen LogP contribution >= 0.6 is 11.3 Å². The summed E-state index contributed by atoms with van der Waals surface area (Å²) in [6.45, 7) is 4.79. The molecule has 0 aromatic carbocycles. The second-order valence-electron chi connectivity index (χ2n) is 5.47. The third kappa shape index (κ3) is 3.33. The molecule has 1 amide bonds. The maximum Gasteiger partial charge on any atom is 0.237 e. The van der Waals surface area contributed by atoms with E-state index >= 15 is 0 Å².